The number of nitrogens with zero attached hydrogens (tertiary/aromatic N) is 2. The molecule has 3 aromatic rings. The van der Waals surface area contributed by atoms with E-state index < -0.39 is 12.0 Å². The second kappa shape index (κ2) is 12.9. The van der Waals surface area contributed by atoms with Crippen molar-refractivity contribution in [2.45, 2.75) is 19.9 Å². The van der Waals surface area contributed by atoms with Crippen molar-refractivity contribution in [3.05, 3.63) is 90.6 Å². The molecule has 210 valence electrons. The number of hydrogen-bond donors (Lipinski definition) is 0. The molecule has 1 atom stereocenters. The summed E-state index contributed by atoms with van der Waals surface area (Å²) in [5.74, 6) is 1.27. The Kier molecular flexibility index (Phi) is 9.34. The molecule has 0 saturated heterocycles. The summed E-state index contributed by atoms with van der Waals surface area (Å²) in [6.07, 6.45) is 4.73. The first-order valence-corrected chi connectivity index (χ1v) is 13.7. The first-order valence-electron chi connectivity index (χ1n) is 12.5. The predicted molar refractivity (Wildman–Crippen MR) is 154 cm³/mol. The largest absolute Gasteiger partial charge is 0.493 e. The lowest BCUT2D eigenvalue weighted by Gasteiger charge is -2.23. The molecule has 0 unspecified atom stereocenters. The van der Waals surface area contributed by atoms with Gasteiger partial charge < -0.3 is 23.7 Å². The molecule has 0 radical (unpaired) electrons. The van der Waals surface area contributed by atoms with Crippen LogP contribution in [0, 0.1) is 0 Å². The van der Waals surface area contributed by atoms with Gasteiger partial charge in [0.05, 0.1) is 48.6 Å². The number of rotatable bonds is 11. The Labute approximate surface area is 240 Å². The maximum atomic E-state index is 13.8. The van der Waals surface area contributed by atoms with E-state index in [4.69, 9.17) is 35.3 Å². The van der Waals surface area contributed by atoms with E-state index in [0.717, 1.165) is 0 Å². The molecule has 9 nitrogen and oxygen atoms in total. The highest BCUT2D eigenvalue weighted by Gasteiger charge is 2.31. The minimum Gasteiger partial charge on any atom is -0.493 e. The van der Waals surface area contributed by atoms with Crippen LogP contribution in [0.5, 0.6) is 23.0 Å². The smallest absolute Gasteiger partial charge is 0.337 e. The molecule has 1 aliphatic heterocycles. The number of thiazole rings is 1. The number of esters is 1. The molecule has 4 rings (SSSR count). The van der Waals surface area contributed by atoms with Gasteiger partial charge in [0, 0.05) is 6.20 Å². The van der Waals surface area contributed by atoms with Crippen molar-refractivity contribution in [2.24, 2.45) is 4.99 Å². The molecule has 0 aliphatic carbocycles. The van der Waals surface area contributed by atoms with Crippen LogP contribution < -0.4 is 33.8 Å². The lowest BCUT2D eigenvalue weighted by molar-refractivity contribution is -0.136. The average Bonchev–Trinajstić information content (AvgIpc) is 3.27. The molecule has 1 aliphatic rings. The van der Waals surface area contributed by atoms with Crippen molar-refractivity contribution in [3.63, 3.8) is 0 Å². The number of carbonyl (C=O) groups is 1. The number of halogens is 1. The summed E-state index contributed by atoms with van der Waals surface area (Å²) in [6, 6.07) is 7.93. The third-order valence-electron chi connectivity index (χ3n) is 5.90. The molecular formula is C29H29ClN2O7S. The van der Waals surface area contributed by atoms with Crippen LogP contribution in [0.2, 0.25) is 5.02 Å². The Morgan fingerprint density at radius 1 is 1.10 bits per heavy atom. The quantitative estimate of drug-likeness (QED) is 0.248. The van der Waals surface area contributed by atoms with Crippen LogP contribution >= 0.6 is 22.9 Å². The van der Waals surface area contributed by atoms with Crippen molar-refractivity contribution in [2.75, 3.05) is 34.0 Å². The molecule has 0 saturated carbocycles. The van der Waals surface area contributed by atoms with Crippen LogP contribution in [0.3, 0.4) is 0 Å². The molecule has 0 bridgehead atoms. The number of methoxy groups -OCH3 is 2. The summed E-state index contributed by atoms with van der Waals surface area (Å²) in [4.78, 5) is 31.5. The van der Waals surface area contributed by atoms with Gasteiger partial charge in [0.15, 0.2) is 27.8 Å². The number of benzene rings is 2. The van der Waals surface area contributed by atoms with Gasteiger partial charge >= 0.3 is 5.97 Å². The van der Waals surface area contributed by atoms with Gasteiger partial charge in [0.25, 0.3) is 5.56 Å². The molecule has 11 heteroatoms. The molecule has 0 amide bonds. The van der Waals surface area contributed by atoms with E-state index in [1.165, 1.54) is 36.3 Å². The van der Waals surface area contributed by atoms with E-state index in [-0.39, 0.29) is 17.7 Å². The lowest BCUT2D eigenvalue weighted by Crippen LogP contribution is -2.39. The van der Waals surface area contributed by atoms with Gasteiger partial charge in [-0.1, -0.05) is 41.7 Å². The van der Waals surface area contributed by atoms with E-state index >= 15 is 0 Å². The predicted octanol–water partition coefficient (Wildman–Crippen LogP) is 4.04. The van der Waals surface area contributed by atoms with Gasteiger partial charge in [-0.3, -0.25) is 9.36 Å². The van der Waals surface area contributed by atoms with Gasteiger partial charge in [-0.15, -0.1) is 0 Å². The summed E-state index contributed by atoms with van der Waals surface area (Å²) < 4.78 is 29.5. The van der Waals surface area contributed by atoms with E-state index in [0.29, 0.717) is 61.7 Å². The summed E-state index contributed by atoms with van der Waals surface area (Å²) in [5, 5.41) is 0.323. The topological polar surface area (TPSA) is 97.6 Å². The molecular weight excluding hydrogens is 556 g/mol. The fraction of sp³-hybridized carbons (Fsp3) is 0.276. The van der Waals surface area contributed by atoms with Crippen molar-refractivity contribution >= 4 is 35.0 Å². The van der Waals surface area contributed by atoms with E-state index in [1.807, 2.05) is 13.8 Å². The summed E-state index contributed by atoms with van der Waals surface area (Å²) in [7, 11) is 2.79. The molecule has 2 heterocycles. The molecule has 1 aromatic heterocycles. The average molecular weight is 585 g/mol. The summed E-state index contributed by atoms with van der Waals surface area (Å²) in [5.41, 5.74) is 1.14. The Morgan fingerprint density at radius 2 is 1.85 bits per heavy atom. The van der Waals surface area contributed by atoms with E-state index in [9.17, 15) is 9.59 Å². The van der Waals surface area contributed by atoms with Crippen molar-refractivity contribution < 1.29 is 28.5 Å². The monoisotopic (exact) mass is 584 g/mol. The van der Waals surface area contributed by atoms with E-state index in [1.54, 1.807) is 42.5 Å². The van der Waals surface area contributed by atoms with Crippen LogP contribution in [0.25, 0.3) is 6.08 Å². The first kappa shape index (κ1) is 29.0. The van der Waals surface area contributed by atoms with Crippen molar-refractivity contribution in [1.29, 1.82) is 0 Å². The minimum atomic E-state index is -0.798. The number of carbonyl (C=O) groups excluding carboxylic acids is 1. The Hall–Kier alpha value is -4.02. The third-order valence-corrected chi connectivity index (χ3v) is 7.18. The maximum Gasteiger partial charge on any atom is 0.337 e. The zero-order valence-electron chi connectivity index (χ0n) is 22.6. The number of fused-ring (bicyclic) bond motifs is 1. The standard InChI is InChI=1S/C29H29ClN2O7S/c1-6-11-39-26-20(30)12-17(13-23(26)35-4)14-24-27(33)32-25(19(28(34)36-5)16-31-29(32)40-24)18-9-10-21(37-7-2)22(15-18)38-8-3/h6,9-10,12-16,25H,1,7-8,11H2,2-5H3/b24-14-/t25-/m1/s1. The van der Waals surface area contributed by atoms with Gasteiger partial charge in [-0.05, 0) is 55.3 Å². The second-order valence-corrected chi connectivity index (χ2v) is 9.80. The number of ether oxygens (including phenoxy) is 5. The van der Waals surface area contributed by atoms with Crippen LogP contribution in [0.1, 0.15) is 31.0 Å². The fourth-order valence-electron chi connectivity index (χ4n) is 4.24. The first-order chi connectivity index (χ1) is 19.4. The second-order valence-electron chi connectivity index (χ2n) is 8.38. The number of aromatic nitrogens is 1. The van der Waals surface area contributed by atoms with E-state index in [2.05, 4.69) is 11.6 Å². The zero-order valence-corrected chi connectivity index (χ0v) is 24.1. The molecule has 0 spiro atoms. The van der Waals surface area contributed by atoms with Crippen molar-refractivity contribution in [1.82, 2.24) is 4.57 Å². The molecule has 40 heavy (non-hydrogen) atoms. The lowest BCUT2D eigenvalue weighted by atomic mass is 9.97. The third kappa shape index (κ3) is 5.78. The fourth-order valence-corrected chi connectivity index (χ4v) is 5.49. The summed E-state index contributed by atoms with van der Waals surface area (Å²) in [6.45, 7) is 8.52. The van der Waals surface area contributed by atoms with Crippen LogP contribution in [0.15, 0.2) is 64.5 Å². The van der Waals surface area contributed by atoms with Crippen LogP contribution in [0.4, 0.5) is 0 Å². The van der Waals surface area contributed by atoms with Gasteiger partial charge in [0.2, 0.25) is 0 Å². The zero-order chi connectivity index (χ0) is 28.8. The van der Waals surface area contributed by atoms with Gasteiger partial charge in [0.1, 0.15) is 6.61 Å². The minimum absolute atomic E-state index is 0.210. The van der Waals surface area contributed by atoms with Crippen molar-refractivity contribution in [3.8, 4) is 23.0 Å². The van der Waals surface area contributed by atoms with Crippen LogP contribution in [-0.2, 0) is 9.53 Å². The van der Waals surface area contributed by atoms with Gasteiger partial charge in [-0.2, -0.15) is 0 Å². The molecule has 0 N–H and O–H groups in total. The molecule has 2 aromatic carbocycles. The summed E-state index contributed by atoms with van der Waals surface area (Å²) >= 11 is 7.65. The maximum absolute atomic E-state index is 13.8. The normalized spacial score (nSPS) is 14.5. The Bertz CT molecular complexity index is 1640. The van der Waals surface area contributed by atoms with Crippen LogP contribution in [-0.4, -0.2) is 44.6 Å². The SMILES string of the molecule is C=CCOc1c(Cl)cc(/C=c2\sc3n(c2=O)[C@H](c2ccc(OCC)c(OCC)c2)C(C(=O)OC)=CN=3)cc1OC. The number of hydrogen-bond acceptors (Lipinski definition) is 9. The highest BCUT2D eigenvalue weighted by Crippen LogP contribution is 2.37. The highest BCUT2D eigenvalue weighted by atomic mass is 35.5. The molecule has 0 fully saturated rings. The Balaban J connectivity index is 1.87. The highest BCUT2D eigenvalue weighted by molar-refractivity contribution is 7.07. The van der Waals surface area contributed by atoms with Gasteiger partial charge in [-0.25, -0.2) is 9.79 Å². The Morgan fingerprint density at radius 3 is 2.52 bits per heavy atom.